The van der Waals surface area contributed by atoms with Crippen LogP contribution in [0.15, 0.2) is 29.2 Å². The molecular weight excluding hydrogens is 252 g/mol. The van der Waals surface area contributed by atoms with E-state index in [2.05, 4.69) is 12.2 Å². The second-order valence-corrected chi connectivity index (χ2v) is 5.98. The molecule has 18 heavy (non-hydrogen) atoms. The van der Waals surface area contributed by atoms with E-state index >= 15 is 0 Å². The molecule has 1 aliphatic rings. The second-order valence-electron chi connectivity index (χ2n) is 4.95. The average Bonchev–Trinajstić information content (AvgIpc) is 2.26. The molecule has 1 atom stereocenters. The number of hydrogen-bond acceptors (Lipinski definition) is 2. The summed E-state index contributed by atoms with van der Waals surface area (Å²) in [6.45, 7) is 2.13. The van der Waals surface area contributed by atoms with Gasteiger partial charge >= 0.3 is 0 Å². The SMILES string of the molecule is CC(CC1CCC1)Nc1ccccc1SC(F)F. The molecule has 0 aliphatic heterocycles. The smallest absolute Gasteiger partial charge is 0.288 e. The number of anilines is 1. The van der Waals surface area contributed by atoms with Gasteiger partial charge in [0.2, 0.25) is 0 Å². The highest BCUT2D eigenvalue weighted by atomic mass is 32.2. The van der Waals surface area contributed by atoms with Crippen LogP contribution in [0, 0.1) is 5.92 Å². The molecule has 0 amide bonds. The third kappa shape index (κ3) is 3.87. The van der Waals surface area contributed by atoms with Crippen LogP contribution in [0.3, 0.4) is 0 Å². The van der Waals surface area contributed by atoms with Crippen LogP contribution >= 0.6 is 11.8 Å². The second kappa shape index (κ2) is 6.41. The third-order valence-electron chi connectivity index (χ3n) is 3.42. The Morgan fingerprint density at radius 3 is 2.67 bits per heavy atom. The Labute approximate surface area is 111 Å². The minimum Gasteiger partial charge on any atom is -0.382 e. The lowest BCUT2D eigenvalue weighted by molar-refractivity contribution is 0.252. The van der Waals surface area contributed by atoms with Crippen LogP contribution in [0.2, 0.25) is 0 Å². The van der Waals surface area contributed by atoms with E-state index in [1.807, 2.05) is 12.1 Å². The van der Waals surface area contributed by atoms with E-state index in [4.69, 9.17) is 0 Å². The molecule has 0 bridgehead atoms. The summed E-state index contributed by atoms with van der Waals surface area (Å²) in [4.78, 5) is 0.632. The van der Waals surface area contributed by atoms with Crippen LogP contribution in [-0.4, -0.2) is 11.8 Å². The van der Waals surface area contributed by atoms with Crippen molar-refractivity contribution in [1.29, 1.82) is 0 Å². The molecule has 1 nitrogen and oxygen atoms in total. The molecular formula is C14H19F2NS. The van der Waals surface area contributed by atoms with Crippen molar-refractivity contribution in [3.8, 4) is 0 Å². The van der Waals surface area contributed by atoms with Crippen molar-refractivity contribution in [2.24, 2.45) is 5.92 Å². The van der Waals surface area contributed by atoms with Gasteiger partial charge in [-0.2, -0.15) is 8.78 Å². The first-order chi connectivity index (χ1) is 8.65. The highest BCUT2D eigenvalue weighted by Gasteiger charge is 2.20. The van der Waals surface area contributed by atoms with Gasteiger partial charge in [0.25, 0.3) is 5.76 Å². The number of alkyl halides is 2. The molecule has 2 rings (SSSR count). The molecule has 0 spiro atoms. The van der Waals surface area contributed by atoms with Crippen molar-refractivity contribution in [2.75, 3.05) is 5.32 Å². The van der Waals surface area contributed by atoms with E-state index in [1.54, 1.807) is 12.1 Å². The lowest BCUT2D eigenvalue weighted by Gasteiger charge is -2.29. The van der Waals surface area contributed by atoms with Crippen molar-refractivity contribution in [1.82, 2.24) is 0 Å². The van der Waals surface area contributed by atoms with Gasteiger partial charge in [-0.25, -0.2) is 0 Å². The number of nitrogens with one attached hydrogen (secondary N) is 1. The molecule has 0 saturated heterocycles. The van der Waals surface area contributed by atoms with Crippen LogP contribution < -0.4 is 5.32 Å². The number of hydrogen-bond donors (Lipinski definition) is 1. The van der Waals surface area contributed by atoms with Crippen LogP contribution in [0.25, 0.3) is 0 Å². The molecule has 0 heterocycles. The predicted octanol–water partition coefficient (Wildman–Crippen LogP) is 4.99. The standard InChI is InChI=1S/C14H19F2NS/c1-10(9-11-5-4-6-11)17-12-7-2-3-8-13(12)18-14(15)16/h2-3,7-8,10-11,14,17H,4-6,9H2,1H3. The molecule has 4 heteroatoms. The first kappa shape index (κ1) is 13.7. The minimum atomic E-state index is -2.37. The number of thioether (sulfide) groups is 1. The van der Waals surface area contributed by atoms with Crippen molar-refractivity contribution < 1.29 is 8.78 Å². The Morgan fingerprint density at radius 2 is 2.06 bits per heavy atom. The van der Waals surface area contributed by atoms with Gasteiger partial charge in [-0.05, 0) is 31.4 Å². The summed E-state index contributed by atoms with van der Waals surface area (Å²) >= 11 is 0.610. The summed E-state index contributed by atoms with van der Waals surface area (Å²) in [6.07, 6.45) is 5.11. The van der Waals surface area contributed by atoms with Gasteiger partial charge in [-0.1, -0.05) is 43.2 Å². The summed E-state index contributed by atoms with van der Waals surface area (Å²) in [5.41, 5.74) is 0.828. The Balaban J connectivity index is 1.94. The fraction of sp³-hybridized carbons (Fsp3) is 0.571. The molecule has 1 aromatic rings. The van der Waals surface area contributed by atoms with Crippen molar-refractivity contribution in [3.05, 3.63) is 24.3 Å². The average molecular weight is 271 g/mol. The maximum atomic E-state index is 12.4. The van der Waals surface area contributed by atoms with E-state index in [9.17, 15) is 8.78 Å². The fourth-order valence-electron chi connectivity index (χ4n) is 2.34. The molecule has 100 valence electrons. The molecule has 1 fully saturated rings. The van der Waals surface area contributed by atoms with Gasteiger partial charge < -0.3 is 5.32 Å². The lowest BCUT2D eigenvalue weighted by atomic mass is 9.81. The summed E-state index contributed by atoms with van der Waals surface area (Å²) in [5.74, 6) is -1.54. The molecule has 0 radical (unpaired) electrons. The van der Waals surface area contributed by atoms with Crippen molar-refractivity contribution in [2.45, 2.75) is 49.3 Å². The van der Waals surface area contributed by atoms with Gasteiger partial charge in [0, 0.05) is 16.6 Å². The maximum absolute atomic E-state index is 12.4. The van der Waals surface area contributed by atoms with Gasteiger partial charge in [-0.15, -0.1) is 0 Å². The largest absolute Gasteiger partial charge is 0.382 e. The van der Waals surface area contributed by atoms with Crippen LogP contribution in [0.4, 0.5) is 14.5 Å². The van der Waals surface area contributed by atoms with Gasteiger partial charge in [0.15, 0.2) is 0 Å². The number of para-hydroxylation sites is 1. The number of benzene rings is 1. The molecule has 1 aromatic carbocycles. The quantitative estimate of drug-likeness (QED) is 0.731. The van der Waals surface area contributed by atoms with Crippen molar-refractivity contribution >= 4 is 17.4 Å². The Morgan fingerprint density at radius 1 is 1.33 bits per heavy atom. The Bertz CT molecular complexity index is 380. The zero-order chi connectivity index (χ0) is 13.0. The first-order valence-electron chi connectivity index (χ1n) is 6.45. The van der Waals surface area contributed by atoms with Gasteiger partial charge in [0.05, 0.1) is 0 Å². The van der Waals surface area contributed by atoms with Crippen molar-refractivity contribution in [3.63, 3.8) is 0 Å². The highest BCUT2D eigenvalue weighted by molar-refractivity contribution is 7.99. The Hall–Kier alpha value is -0.770. The zero-order valence-electron chi connectivity index (χ0n) is 10.5. The van der Waals surface area contributed by atoms with Gasteiger partial charge in [0.1, 0.15) is 0 Å². The van der Waals surface area contributed by atoms with Crippen LogP contribution in [0.1, 0.15) is 32.6 Å². The number of halogens is 2. The highest BCUT2D eigenvalue weighted by Crippen LogP contribution is 2.34. The number of rotatable bonds is 6. The molecule has 1 aliphatic carbocycles. The molecule has 1 unspecified atom stereocenters. The van der Waals surface area contributed by atoms with E-state index < -0.39 is 5.76 Å². The normalized spacial score (nSPS) is 17.6. The van der Waals surface area contributed by atoms with E-state index in [0.717, 1.165) is 18.0 Å². The third-order valence-corrected chi connectivity index (χ3v) is 4.20. The topological polar surface area (TPSA) is 12.0 Å². The fourth-order valence-corrected chi connectivity index (χ4v) is 2.94. The van der Waals surface area contributed by atoms with Gasteiger partial charge in [-0.3, -0.25) is 0 Å². The predicted molar refractivity (Wildman–Crippen MR) is 73.3 cm³/mol. The van der Waals surface area contributed by atoms with E-state index in [0.29, 0.717) is 22.7 Å². The zero-order valence-corrected chi connectivity index (χ0v) is 11.4. The Kier molecular flexibility index (Phi) is 4.87. The first-order valence-corrected chi connectivity index (χ1v) is 7.33. The van der Waals surface area contributed by atoms with Crippen LogP contribution in [-0.2, 0) is 0 Å². The molecule has 0 aromatic heterocycles. The summed E-state index contributed by atoms with van der Waals surface area (Å²) < 4.78 is 24.9. The summed E-state index contributed by atoms with van der Waals surface area (Å²) in [6, 6.07) is 7.65. The molecule has 1 saturated carbocycles. The molecule has 1 N–H and O–H groups in total. The summed E-state index contributed by atoms with van der Waals surface area (Å²) in [7, 11) is 0. The minimum absolute atomic E-state index is 0.342. The maximum Gasteiger partial charge on any atom is 0.288 e. The summed E-state index contributed by atoms with van der Waals surface area (Å²) in [5, 5.41) is 3.36. The monoisotopic (exact) mass is 271 g/mol. The lowest BCUT2D eigenvalue weighted by Crippen LogP contribution is -2.23. The van der Waals surface area contributed by atoms with E-state index in [-0.39, 0.29) is 0 Å². The van der Waals surface area contributed by atoms with Crippen LogP contribution in [0.5, 0.6) is 0 Å². The van der Waals surface area contributed by atoms with E-state index in [1.165, 1.54) is 19.3 Å².